The van der Waals surface area contributed by atoms with Crippen molar-refractivity contribution in [3.63, 3.8) is 0 Å². The van der Waals surface area contributed by atoms with Crippen LogP contribution in [0.3, 0.4) is 0 Å². The first-order valence-electron chi connectivity index (χ1n) is 10.2. The van der Waals surface area contributed by atoms with E-state index in [-0.39, 0.29) is 5.91 Å². The molecule has 1 fully saturated rings. The number of nitrogens with zero attached hydrogens (tertiary/aromatic N) is 3. The van der Waals surface area contributed by atoms with E-state index in [0.29, 0.717) is 13.0 Å². The second-order valence-corrected chi connectivity index (χ2v) is 6.75. The number of carbonyl (C=O) groups is 1. The van der Waals surface area contributed by atoms with Crippen LogP contribution in [0.15, 0.2) is 40.9 Å². The highest BCUT2D eigenvalue weighted by atomic mass is 16.2. The summed E-state index contributed by atoms with van der Waals surface area (Å²) in [5.74, 6) is 1.12. The lowest BCUT2D eigenvalue weighted by molar-refractivity contribution is -0.130. The van der Waals surface area contributed by atoms with Crippen LogP contribution in [-0.4, -0.2) is 60.9 Å². The first-order valence-corrected chi connectivity index (χ1v) is 10.2. The maximum absolute atomic E-state index is 12.2. The van der Waals surface area contributed by atoms with Crippen LogP contribution in [0.25, 0.3) is 6.08 Å². The molecule has 0 atom stereocenters. The number of amides is 1. The lowest BCUT2D eigenvalue weighted by Crippen LogP contribution is -2.44. The summed E-state index contributed by atoms with van der Waals surface area (Å²) in [6.07, 6.45) is 4.89. The Balaban J connectivity index is 1.90. The number of hydrogen-bond acceptors (Lipinski definition) is 2. The van der Waals surface area contributed by atoms with Gasteiger partial charge in [-0.2, -0.15) is 0 Å². The normalized spacial score (nSPS) is 14.9. The highest BCUT2D eigenvalue weighted by Gasteiger charge is 2.17. The third-order valence-corrected chi connectivity index (χ3v) is 4.91. The van der Waals surface area contributed by atoms with Crippen molar-refractivity contribution in [1.82, 2.24) is 15.1 Å². The molecule has 27 heavy (non-hydrogen) atoms. The quantitative estimate of drug-likeness (QED) is 0.591. The fraction of sp³-hybridized carbons (Fsp3) is 0.545. The predicted octanol–water partition coefficient (Wildman–Crippen LogP) is 3.39. The van der Waals surface area contributed by atoms with Crippen LogP contribution in [0.4, 0.5) is 0 Å². The van der Waals surface area contributed by atoms with E-state index in [9.17, 15) is 4.79 Å². The Bertz CT molecular complexity index is 625. The molecule has 1 aromatic carbocycles. The predicted molar refractivity (Wildman–Crippen MR) is 114 cm³/mol. The monoisotopic (exact) mass is 370 g/mol. The molecule has 2 rings (SSSR count). The molecule has 5 heteroatoms. The third kappa shape index (κ3) is 6.74. The molecule has 1 saturated heterocycles. The van der Waals surface area contributed by atoms with Crippen molar-refractivity contribution in [3.05, 3.63) is 41.5 Å². The molecule has 0 radical (unpaired) electrons. The Labute approximate surface area is 164 Å². The molecule has 1 heterocycles. The van der Waals surface area contributed by atoms with E-state index in [1.165, 1.54) is 11.1 Å². The van der Waals surface area contributed by atoms with Gasteiger partial charge in [-0.25, -0.2) is 0 Å². The second kappa shape index (κ2) is 11.4. The average molecular weight is 371 g/mol. The summed E-state index contributed by atoms with van der Waals surface area (Å²) in [6, 6.07) is 10.5. The molecule has 1 aliphatic heterocycles. The van der Waals surface area contributed by atoms with Gasteiger partial charge in [0.1, 0.15) is 0 Å². The molecule has 0 saturated carbocycles. The molecule has 1 amide bonds. The topological polar surface area (TPSA) is 47.9 Å². The summed E-state index contributed by atoms with van der Waals surface area (Å²) in [6.45, 7) is 11.0. The van der Waals surface area contributed by atoms with E-state index >= 15 is 0 Å². The van der Waals surface area contributed by atoms with Gasteiger partial charge in [-0.1, -0.05) is 42.0 Å². The number of nitrogens with one attached hydrogen (secondary N) is 1. The van der Waals surface area contributed by atoms with Crippen molar-refractivity contribution in [3.8, 4) is 0 Å². The maximum Gasteiger partial charge on any atom is 0.224 e. The van der Waals surface area contributed by atoms with Crippen molar-refractivity contribution in [1.29, 1.82) is 0 Å². The number of rotatable bonds is 7. The number of benzene rings is 1. The molecule has 0 bridgehead atoms. The fourth-order valence-electron chi connectivity index (χ4n) is 3.35. The van der Waals surface area contributed by atoms with Gasteiger partial charge in [0.25, 0.3) is 0 Å². The van der Waals surface area contributed by atoms with Gasteiger partial charge in [0, 0.05) is 39.1 Å². The maximum atomic E-state index is 12.2. The van der Waals surface area contributed by atoms with E-state index in [1.54, 1.807) is 0 Å². The standard InChI is InChI=1S/C22H34N4O/c1-4-23-22(24-15-12-21(27)25(5-2)6-3)26-16-13-20(14-17-26)18-19-10-8-7-9-11-19/h7-11,18H,4-6,12-17H2,1-3H3,(H,23,24). The second-order valence-electron chi connectivity index (χ2n) is 6.75. The molecule has 0 spiro atoms. The van der Waals surface area contributed by atoms with Gasteiger partial charge in [0.15, 0.2) is 5.96 Å². The van der Waals surface area contributed by atoms with Gasteiger partial charge < -0.3 is 15.1 Å². The lowest BCUT2D eigenvalue weighted by Gasteiger charge is -2.31. The summed E-state index contributed by atoms with van der Waals surface area (Å²) < 4.78 is 0. The van der Waals surface area contributed by atoms with E-state index in [0.717, 1.165) is 51.5 Å². The molecule has 0 aliphatic carbocycles. The summed E-state index contributed by atoms with van der Waals surface area (Å²) in [7, 11) is 0. The van der Waals surface area contributed by atoms with Gasteiger partial charge in [-0.05, 0) is 39.2 Å². The van der Waals surface area contributed by atoms with Crippen LogP contribution < -0.4 is 5.32 Å². The number of aliphatic imine (C=N–C) groups is 1. The first-order chi connectivity index (χ1) is 13.2. The minimum atomic E-state index is 0.186. The molecule has 1 aromatic rings. The van der Waals surface area contributed by atoms with Crippen molar-refractivity contribution in [2.24, 2.45) is 4.99 Å². The molecule has 0 aromatic heterocycles. The Hall–Kier alpha value is -2.30. The van der Waals surface area contributed by atoms with Crippen LogP contribution in [0.2, 0.25) is 0 Å². The Morgan fingerprint density at radius 3 is 2.41 bits per heavy atom. The SMILES string of the molecule is CCNC(=NCCC(=O)N(CC)CC)N1CCC(=Cc2ccccc2)CC1. The summed E-state index contributed by atoms with van der Waals surface area (Å²) in [4.78, 5) is 21.0. The summed E-state index contributed by atoms with van der Waals surface area (Å²) in [5, 5.41) is 3.38. The van der Waals surface area contributed by atoms with E-state index in [4.69, 9.17) is 4.99 Å². The van der Waals surface area contributed by atoms with E-state index < -0.39 is 0 Å². The number of likely N-dealkylation sites (tertiary alicyclic amines) is 1. The molecular weight excluding hydrogens is 336 g/mol. The molecule has 148 valence electrons. The molecule has 1 N–H and O–H groups in total. The Morgan fingerprint density at radius 2 is 1.81 bits per heavy atom. The zero-order valence-corrected chi connectivity index (χ0v) is 17.1. The van der Waals surface area contributed by atoms with Crippen LogP contribution in [0.1, 0.15) is 45.6 Å². The minimum Gasteiger partial charge on any atom is -0.357 e. The van der Waals surface area contributed by atoms with Gasteiger partial charge in [-0.15, -0.1) is 0 Å². The molecule has 5 nitrogen and oxygen atoms in total. The van der Waals surface area contributed by atoms with Crippen LogP contribution in [0, 0.1) is 0 Å². The van der Waals surface area contributed by atoms with E-state index in [2.05, 4.69) is 53.5 Å². The first kappa shape index (κ1) is 21.0. The smallest absolute Gasteiger partial charge is 0.224 e. The number of guanidine groups is 1. The van der Waals surface area contributed by atoms with Gasteiger partial charge >= 0.3 is 0 Å². The summed E-state index contributed by atoms with van der Waals surface area (Å²) >= 11 is 0. The molecule has 1 aliphatic rings. The molecule has 0 unspecified atom stereocenters. The zero-order valence-electron chi connectivity index (χ0n) is 17.1. The van der Waals surface area contributed by atoms with Gasteiger partial charge in [0.05, 0.1) is 6.54 Å². The minimum absolute atomic E-state index is 0.186. The van der Waals surface area contributed by atoms with Crippen molar-refractivity contribution in [2.45, 2.75) is 40.0 Å². The summed E-state index contributed by atoms with van der Waals surface area (Å²) in [5.41, 5.74) is 2.77. The lowest BCUT2D eigenvalue weighted by atomic mass is 10.0. The van der Waals surface area contributed by atoms with Crippen LogP contribution >= 0.6 is 0 Å². The highest BCUT2D eigenvalue weighted by Crippen LogP contribution is 2.19. The van der Waals surface area contributed by atoms with Gasteiger partial charge in [0.2, 0.25) is 5.91 Å². The van der Waals surface area contributed by atoms with Crippen molar-refractivity contribution >= 4 is 17.9 Å². The van der Waals surface area contributed by atoms with Crippen molar-refractivity contribution in [2.75, 3.05) is 39.3 Å². The highest BCUT2D eigenvalue weighted by molar-refractivity contribution is 5.81. The third-order valence-electron chi connectivity index (χ3n) is 4.91. The molecular formula is C22H34N4O. The number of hydrogen-bond donors (Lipinski definition) is 1. The largest absolute Gasteiger partial charge is 0.357 e. The fourth-order valence-corrected chi connectivity index (χ4v) is 3.35. The zero-order chi connectivity index (χ0) is 19.5. The number of carbonyl (C=O) groups excluding carboxylic acids is 1. The number of piperidine rings is 1. The average Bonchev–Trinajstić information content (AvgIpc) is 2.70. The van der Waals surface area contributed by atoms with Gasteiger partial charge in [-0.3, -0.25) is 9.79 Å². The van der Waals surface area contributed by atoms with Crippen molar-refractivity contribution < 1.29 is 4.79 Å². The van der Waals surface area contributed by atoms with E-state index in [1.807, 2.05) is 18.7 Å². The Kier molecular flexibility index (Phi) is 8.89. The van der Waals surface area contributed by atoms with Crippen LogP contribution in [-0.2, 0) is 4.79 Å². The Morgan fingerprint density at radius 1 is 1.15 bits per heavy atom. The van der Waals surface area contributed by atoms with Crippen LogP contribution in [0.5, 0.6) is 0 Å².